The van der Waals surface area contributed by atoms with Crippen molar-refractivity contribution in [2.45, 2.75) is 26.8 Å². The minimum absolute atomic E-state index is 0.460. The summed E-state index contributed by atoms with van der Waals surface area (Å²) in [7, 11) is 0. The molecule has 104 valence electrons. The summed E-state index contributed by atoms with van der Waals surface area (Å²) in [4.78, 5) is 6.78. The maximum absolute atomic E-state index is 4.40. The molecule has 19 heavy (non-hydrogen) atoms. The van der Waals surface area contributed by atoms with Gasteiger partial charge < -0.3 is 15.5 Å². The van der Waals surface area contributed by atoms with Gasteiger partial charge in [0, 0.05) is 31.4 Å². The Hall–Kier alpha value is -1.71. The van der Waals surface area contributed by atoms with Gasteiger partial charge in [0.25, 0.3) is 0 Å². The summed E-state index contributed by atoms with van der Waals surface area (Å²) in [5.74, 6) is 0.938. The third-order valence-electron chi connectivity index (χ3n) is 3.33. The van der Waals surface area contributed by atoms with Crippen molar-refractivity contribution in [1.82, 2.24) is 10.6 Å². The van der Waals surface area contributed by atoms with E-state index in [4.69, 9.17) is 0 Å². The summed E-state index contributed by atoms with van der Waals surface area (Å²) in [6, 6.07) is 9.11. The summed E-state index contributed by atoms with van der Waals surface area (Å²) in [6.45, 7) is 10.2. The van der Waals surface area contributed by atoms with E-state index in [-0.39, 0.29) is 0 Å². The molecule has 1 unspecified atom stereocenters. The van der Waals surface area contributed by atoms with Crippen LogP contribution in [0, 0.1) is 6.92 Å². The quantitative estimate of drug-likeness (QED) is 0.847. The number of aliphatic imine (C=N–C) groups is 1. The summed E-state index contributed by atoms with van der Waals surface area (Å²) >= 11 is 0. The number of benzene rings is 1. The van der Waals surface area contributed by atoms with Gasteiger partial charge in [-0.3, -0.25) is 4.99 Å². The fourth-order valence-corrected chi connectivity index (χ4v) is 2.26. The Morgan fingerprint density at radius 2 is 2.32 bits per heavy atom. The van der Waals surface area contributed by atoms with Crippen molar-refractivity contribution in [3.05, 3.63) is 29.8 Å². The minimum Gasteiger partial charge on any atom is -0.370 e. The molecule has 4 nitrogen and oxygen atoms in total. The smallest absolute Gasteiger partial charge is 0.191 e. The summed E-state index contributed by atoms with van der Waals surface area (Å²) in [5, 5.41) is 6.67. The van der Waals surface area contributed by atoms with Crippen molar-refractivity contribution in [2.75, 3.05) is 31.1 Å². The predicted molar refractivity (Wildman–Crippen MR) is 82.0 cm³/mol. The number of nitrogens with zero attached hydrogens (tertiary/aromatic N) is 2. The standard InChI is InChI=1S/C15H24N4/c1-4-19(14-7-5-6-12(2)10-14)9-8-16-15-17-11-13(3)18-15/h5-7,10,13H,4,8-9,11H2,1-3H3,(H2,16,17,18). The van der Waals surface area contributed by atoms with Gasteiger partial charge in [-0.25, -0.2) is 0 Å². The Balaban J connectivity index is 1.83. The second-order valence-corrected chi connectivity index (χ2v) is 5.08. The van der Waals surface area contributed by atoms with Crippen molar-refractivity contribution in [3.8, 4) is 0 Å². The number of anilines is 1. The maximum atomic E-state index is 4.40. The van der Waals surface area contributed by atoms with Crippen LogP contribution in [0.25, 0.3) is 0 Å². The van der Waals surface area contributed by atoms with Gasteiger partial charge in [-0.05, 0) is 38.5 Å². The number of aryl methyl sites for hydroxylation is 1. The molecule has 0 fully saturated rings. The van der Waals surface area contributed by atoms with E-state index in [0.29, 0.717) is 6.04 Å². The number of rotatable bonds is 5. The average Bonchev–Trinajstić information content (AvgIpc) is 2.80. The molecule has 0 aliphatic carbocycles. The molecule has 0 saturated heterocycles. The monoisotopic (exact) mass is 260 g/mol. The molecule has 4 heteroatoms. The van der Waals surface area contributed by atoms with Crippen molar-refractivity contribution in [1.29, 1.82) is 0 Å². The molecular weight excluding hydrogens is 236 g/mol. The summed E-state index contributed by atoms with van der Waals surface area (Å²) in [6.07, 6.45) is 0. The highest BCUT2D eigenvalue weighted by molar-refractivity contribution is 5.81. The van der Waals surface area contributed by atoms with Gasteiger partial charge in [0.1, 0.15) is 0 Å². The summed E-state index contributed by atoms with van der Waals surface area (Å²) in [5.41, 5.74) is 2.60. The Labute approximate surface area is 115 Å². The van der Waals surface area contributed by atoms with Crippen molar-refractivity contribution < 1.29 is 0 Å². The number of hydrogen-bond acceptors (Lipinski definition) is 4. The molecule has 1 aliphatic rings. The third kappa shape index (κ3) is 3.88. The van der Waals surface area contributed by atoms with Crippen LogP contribution in [0.2, 0.25) is 0 Å². The number of likely N-dealkylation sites (N-methyl/N-ethyl adjacent to an activating group) is 1. The second kappa shape index (κ2) is 6.45. The molecule has 0 saturated carbocycles. The number of guanidine groups is 1. The van der Waals surface area contributed by atoms with E-state index in [1.54, 1.807) is 0 Å². The highest BCUT2D eigenvalue weighted by Crippen LogP contribution is 2.14. The molecule has 1 aromatic rings. The molecule has 1 aliphatic heterocycles. The first-order valence-electron chi connectivity index (χ1n) is 7.05. The van der Waals surface area contributed by atoms with E-state index >= 15 is 0 Å². The zero-order valence-electron chi connectivity index (χ0n) is 12.1. The molecule has 1 atom stereocenters. The first kappa shape index (κ1) is 13.7. The van der Waals surface area contributed by atoms with E-state index < -0.39 is 0 Å². The molecule has 0 bridgehead atoms. The van der Waals surface area contributed by atoms with Crippen LogP contribution in [-0.4, -0.2) is 38.2 Å². The summed E-state index contributed by atoms with van der Waals surface area (Å²) < 4.78 is 0. The van der Waals surface area contributed by atoms with Crippen LogP contribution in [0.3, 0.4) is 0 Å². The molecule has 0 aromatic heterocycles. The van der Waals surface area contributed by atoms with Crippen LogP contribution in [0.5, 0.6) is 0 Å². The Morgan fingerprint density at radius 1 is 1.47 bits per heavy atom. The SMILES string of the molecule is CCN(CCNC1=NCC(C)N1)c1cccc(C)c1. The molecule has 0 amide bonds. The third-order valence-corrected chi connectivity index (χ3v) is 3.33. The molecule has 1 heterocycles. The highest BCUT2D eigenvalue weighted by Gasteiger charge is 2.11. The Morgan fingerprint density at radius 3 is 2.95 bits per heavy atom. The molecule has 1 aromatic carbocycles. The number of hydrogen-bond donors (Lipinski definition) is 2. The van der Waals surface area contributed by atoms with Crippen molar-refractivity contribution in [2.24, 2.45) is 4.99 Å². The molecular formula is C15H24N4. The average molecular weight is 260 g/mol. The lowest BCUT2D eigenvalue weighted by molar-refractivity contribution is 0.707. The maximum Gasteiger partial charge on any atom is 0.191 e. The predicted octanol–water partition coefficient (Wildman–Crippen LogP) is 1.76. The zero-order valence-corrected chi connectivity index (χ0v) is 12.1. The van der Waals surface area contributed by atoms with Crippen LogP contribution in [-0.2, 0) is 0 Å². The normalized spacial score (nSPS) is 17.8. The first-order chi connectivity index (χ1) is 9.19. The topological polar surface area (TPSA) is 39.7 Å². The lowest BCUT2D eigenvalue weighted by Crippen LogP contribution is -2.41. The molecule has 0 radical (unpaired) electrons. The van der Waals surface area contributed by atoms with E-state index in [1.807, 2.05) is 0 Å². The lowest BCUT2D eigenvalue weighted by Gasteiger charge is -2.24. The van der Waals surface area contributed by atoms with Crippen molar-refractivity contribution >= 4 is 11.6 Å². The van der Waals surface area contributed by atoms with E-state index in [1.165, 1.54) is 11.3 Å². The van der Waals surface area contributed by atoms with Crippen LogP contribution in [0.15, 0.2) is 29.3 Å². The van der Waals surface area contributed by atoms with Gasteiger partial charge in [0.05, 0.1) is 6.54 Å². The Kier molecular flexibility index (Phi) is 4.66. The largest absolute Gasteiger partial charge is 0.370 e. The fourth-order valence-electron chi connectivity index (χ4n) is 2.26. The fraction of sp³-hybridized carbons (Fsp3) is 0.533. The van der Waals surface area contributed by atoms with Crippen molar-refractivity contribution in [3.63, 3.8) is 0 Å². The van der Waals surface area contributed by atoms with Crippen LogP contribution in [0.1, 0.15) is 19.4 Å². The zero-order chi connectivity index (χ0) is 13.7. The van der Waals surface area contributed by atoms with Crippen LogP contribution in [0.4, 0.5) is 5.69 Å². The van der Waals surface area contributed by atoms with Crippen LogP contribution < -0.4 is 15.5 Å². The van der Waals surface area contributed by atoms with Crippen LogP contribution >= 0.6 is 0 Å². The number of nitrogens with one attached hydrogen (secondary N) is 2. The van der Waals surface area contributed by atoms with E-state index in [2.05, 4.69) is 65.6 Å². The van der Waals surface area contributed by atoms with Gasteiger partial charge >= 0.3 is 0 Å². The lowest BCUT2D eigenvalue weighted by atomic mass is 10.2. The molecule has 0 spiro atoms. The first-order valence-corrected chi connectivity index (χ1v) is 7.05. The minimum atomic E-state index is 0.460. The van der Waals surface area contributed by atoms with E-state index in [9.17, 15) is 0 Å². The molecule has 2 N–H and O–H groups in total. The van der Waals surface area contributed by atoms with Gasteiger partial charge in [-0.2, -0.15) is 0 Å². The van der Waals surface area contributed by atoms with E-state index in [0.717, 1.165) is 32.1 Å². The van der Waals surface area contributed by atoms with Gasteiger partial charge in [-0.1, -0.05) is 12.1 Å². The highest BCUT2D eigenvalue weighted by atomic mass is 15.2. The molecule has 2 rings (SSSR count). The van der Waals surface area contributed by atoms with Gasteiger partial charge in [-0.15, -0.1) is 0 Å². The van der Waals surface area contributed by atoms with Gasteiger partial charge in [0.2, 0.25) is 0 Å². The second-order valence-electron chi connectivity index (χ2n) is 5.08. The van der Waals surface area contributed by atoms with Gasteiger partial charge in [0.15, 0.2) is 5.96 Å². The Bertz CT molecular complexity index is 442.